The van der Waals surface area contributed by atoms with Crippen LogP contribution >= 0.6 is 11.3 Å². The molecule has 4 aromatic rings. The van der Waals surface area contributed by atoms with Crippen LogP contribution in [-0.4, -0.2) is 19.9 Å². The van der Waals surface area contributed by atoms with Crippen LogP contribution in [0.4, 0.5) is 5.82 Å². The summed E-state index contributed by atoms with van der Waals surface area (Å²) in [6.45, 7) is 6.36. The van der Waals surface area contributed by atoms with E-state index in [1.807, 2.05) is 46.3 Å². The van der Waals surface area contributed by atoms with Gasteiger partial charge in [-0.1, -0.05) is 6.07 Å². The molecule has 0 saturated carbocycles. The lowest BCUT2D eigenvalue weighted by Crippen LogP contribution is -2.27. The van der Waals surface area contributed by atoms with E-state index >= 15 is 0 Å². The fraction of sp³-hybridized carbons (Fsp3) is 0.200. The summed E-state index contributed by atoms with van der Waals surface area (Å²) in [5, 5.41) is 5.55. The fourth-order valence-corrected chi connectivity index (χ4v) is 3.24. The molecule has 1 N–H and O–H groups in total. The van der Waals surface area contributed by atoms with Crippen LogP contribution in [0.1, 0.15) is 32.2 Å². The van der Waals surface area contributed by atoms with Crippen LogP contribution in [0.25, 0.3) is 16.4 Å². The Morgan fingerprint density at radius 2 is 2.04 bits per heavy atom. The molecule has 0 saturated heterocycles. The first kappa shape index (κ1) is 16.4. The summed E-state index contributed by atoms with van der Waals surface area (Å²) in [5.41, 5.74) is 1.40. The normalized spacial score (nSPS) is 11.3. The molecular weight excluding hydrogens is 344 g/mol. The number of hydrogen-bond donors (Lipinski definition) is 1. The van der Waals surface area contributed by atoms with Gasteiger partial charge in [-0.3, -0.25) is 4.40 Å². The number of imidazole rings is 1. The number of rotatable bonds is 2. The lowest BCUT2D eigenvalue weighted by molar-refractivity contribution is 0.566. The highest BCUT2D eigenvalue weighted by molar-refractivity contribution is 7.15. The number of aromatic nitrogens is 3. The van der Waals surface area contributed by atoms with Gasteiger partial charge in [0.25, 0.3) is 0 Å². The number of fused-ring (bicyclic) bond motifs is 1. The van der Waals surface area contributed by atoms with Gasteiger partial charge in [0.15, 0.2) is 16.5 Å². The molecule has 4 aromatic heterocycles. The van der Waals surface area contributed by atoms with Crippen LogP contribution in [-0.2, 0) is 0 Å². The Balaban J connectivity index is 1.71. The first-order valence-electron chi connectivity index (χ1n) is 8.27. The van der Waals surface area contributed by atoms with E-state index in [0.717, 1.165) is 16.5 Å². The number of nitrogens with one attached hydrogen (secondary N) is 1. The summed E-state index contributed by atoms with van der Waals surface area (Å²) in [4.78, 5) is 9.84. The molecule has 6 heteroatoms. The average molecular weight is 362 g/mol. The standard InChI is InChI=1S/C20H18N4OS/c1-20(2,3)23-18-17(22-19-24(18)12-13-26-19)16-10-9-15(25-16)8-7-14-6-4-5-11-21-14/h4-6,9-13,23H,1-3H3. The minimum atomic E-state index is -0.0964. The number of thiazole rings is 1. The number of hydrogen-bond acceptors (Lipinski definition) is 5. The summed E-state index contributed by atoms with van der Waals surface area (Å²) >= 11 is 1.59. The summed E-state index contributed by atoms with van der Waals surface area (Å²) < 4.78 is 7.98. The zero-order chi connectivity index (χ0) is 18.1. The van der Waals surface area contributed by atoms with Gasteiger partial charge >= 0.3 is 0 Å². The van der Waals surface area contributed by atoms with Crippen LogP contribution in [0.5, 0.6) is 0 Å². The smallest absolute Gasteiger partial charge is 0.195 e. The number of pyridine rings is 1. The highest BCUT2D eigenvalue weighted by Gasteiger charge is 2.21. The minimum Gasteiger partial charge on any atom is -0.446 e. The van der Waals surface area contributed by atoms with Crippen LogP contribution in [0.2, 0.25) is 0 Å². The Kier molecular flexibility index (Phi) is 4.02. The average Bonchev–Trinajstić information content (AvgIpc) is 3.30. The highest BCUT2D eigenvalue weighted by Crippen LogP contribution is 2.33. The second-order valence-corrected chi connectivity index (χ2v) is 7.74. The monoisotopic (exact) mass is 362 g/mol. The summed E-state index contributed by atoms with van der Waals surface area (Å²) in [6, 6.07) is 9.41. The number of nitrogens with zero attached hydrogens (tertiary/aromatic N) is 3. The van der Waals surface area contributed by atoms with E-state index < -0.39 is 0 Å². The molecular formula is C20H18N4OS. The Morgan fingerprint density at radius 1 is 1.15 bits per heavy atom. The van der Waals surface area contributed by atoms with Gasteiger partial charge in [0.1, 0.15) is 17.2 Å². The molecule has 0 aliphatic carbocycles. The SMILES string of the molecule is CC(C)(C)Nc1c(-c2ccc(C#Cc3ccccn3)o2)nc2sccn12. The highest BCUT2D eigenvalue weighted by atomic mass is 32.1. The Labute approximate surface area is 155 Å². The lowest BCUT2D eigenvalue weighted by atomic mass is 10.1. The van der Waals surface area contributed by atoms with E-state index in [9.17, 15) is 0 Å². The largest absolute Gasteiger partial charge is 0.446 e. The molecule has 0 atom stereocenters. The van der Waals surface area contributed by atoms with Gasteiger partial charge in [-0.05, 0) is 56.9 Å². The quantitative estimate of drug-likeness (QED) is 0.527. The van der Waals surface area contributed by atoms with Crippen molar-refractivity contribution in [1.82, 2.24) is 14.4 Å². The van der Waals surface area contributed by atoms with Crippen LogP contribution < -0.4 is 5.32 Å². The molecule has 0 aliphatic heterocycles. The molecule has 4 heterocycles. The molecule has 4 rings (SSSR count). The van der Waals surface area contributed by atoms with Gasteiger partial charge in [-0.2, -0.15) is 0 Å². The van der Waals surface area contributed by atoms with Crippen molar-refractivity contribution >= 4 is 22.1 Å². The molecule has 0 aromatic carbocycles. The van der Waals surface area contributed by atoms with Crippen molar-refractivity contribution in [2.24, 2.45) is 0 Å². The third-order valence-electron chi connectivity index (χ3n) is 3.57. The van der Waals surface area contributed by atoms with E-state index in [-0.39, 0.29) is 5.54 Å². The van der Waals surface area contributed by atoms with Crippen molar-refractivity contribution in [2.75, 3.05) is 5.32 Å². The summed E-state index contributed by atoms with van der Waals surface area (Å²) in [6.07, 6.45) is 3.73. The van der Waals surface area contributed by atoms with E-state index in [1.54, 1.807) is 17.5 Å². The predicted molar refractivity (Wildman–Crippen MR) is 104 cm³/mol. The van der Waals surface area contributed by atoms with E-state index in [4.69, 9.17) is 9.40 Å². The van der Waals surface area contributed by atoms with Gasteiger partial charge in [-0.25, -0.2) is 9.97 Å². The van der Waals surface area contributed by atoms with E-state index in [1.165, 1.54) is 0 Å². The minimum absolute atomic E-state index is 0.0964. The van der Waals surface area contributed by atoms with Gasteiger partial charge in [0.05, 0.1) is 0 Å². The van der Waals surface area contributed by atoms with Crippen molar-refractivity contribution < 1.29 is 4.42 Å². The molecule has 0 bridgehead atoms. The van der Waals surface area contributed by atoms with Crippen molar-refractivity contribution in [2.45, 2.75) is 26.3 Å². The molecule has 0 fully saturated rings. The zero-order valence-electron chi connectivity index (χ0n) is 14.8. The first-order chi connectivity index (χ1) is 12.5. The topological polar surface area (TPSA) is 55.4 Å². The Morgan fingerprint density at radius 3 is 2.81 bits per heavy atom. The third-order valence-corrected chi connectivity index (χ3v) is 4.33. The molecule has 26 heavy (non-hydrogen) atoms. The predicted octanol–water partition coefficient (Wildman–Crippen LogP) is 4.66. The van der Waals surface area contributed by atoms with Crippen molar-refractivity contribution in [3.8, 4) is 23.3 Å². The molecule has 0 radical (unpaired) electrons. The van der Waals surface area contributed by atoms with Crippen LogP contribution in [0.3, 0.4) is 0 Å². The Bertz CT molecular complexity index is 1100. The molecule has 130 valence electrons. The fourth-order valence-electron chi connectivity index (χ4n) is 2.53. The van der Waals surface area contributed by atoms with Gasteiger partial charge in [0.2, 0.25) is 0 Å². The van der Waals surface area contributed by atoms with Gasteiger partial charge in [0, 0.05) is 23.3 Å². The van der Waals surface area contributed by atoms with E-state index in [2.05, 4.69) is 42.9 Å². The van der Waals surface area contributed by atoms with Crippen molar-refractivity contribution in [3.63, 3.8) is 0 Å². The summed E-state index contributed by atoms with van der Waals surface area (Å²) in [5.74, 6) is 8.22. The maximum absolute atomic E-state index is 5.93. The molecule has 0 spiro atoms. The third kappa shape index (κ3) is 3.35. The van der Waals surface area contributed by atoms with Crippen LogP contribution in [0.15, 0.2) is 52.5 Å². The zero-order valence-corrected chi connectivity index (χ0v) is 15.6. The van der Waals surface area contributed by atoms with Crippen molar-refractivity contribution in [3.05, 3.63) is 59.6 Å². The second-order valence-electron chi connectivity index (χ2n) is 6.87. The van der Waals surface area contributed by atoms with Crippen LogP contribution in [0, 0.1) is 11.8 Å². The molecule has 0 unspecified atom stereocenters. The first-order valence-corrected chi connectivity index (χ1v) is 9.14. The maximum atomic E-state index is 5.93. The number of furan rings is 1. The van der Waals surface area contributed by atoms with E-state index in [0.29, 0.717) is 17.2 Å². The summed E-state index contributed by atoms with van der Waals surface area (Å²) in [7, 11) is 0. The van der Waals surface area contributed by atoms with Gasteiger partial charge in [-0.15, -0.1) is 11.3 Å². The number of anilines is 1. The van der Waals surface area contributed by atoms with Gasteiger partial charge < -0.3 is 9.73 Å². The molecule has 5 nitrogen and oxygen atoms in total. The second kappa shape index (κ2) is 6.36. The van der Waals surface area contributed by atoms with Crippen molar-refractivity contribution in [1.29, 1.82) is 0 Å². The molecule has 0 amide bonds. The Hall–Kier alpha value is -3.04. The molecule has 0 aliphatic rings. The maximum Gasteiger partial charge on any atom is 0.195 e. The lowest BCUT2D eigenvalue weighted by Gasteiger charge is -2.21.